The quantitative estimate of drug-likeness (QED) is 0.592. The van der Waals surface area contributed by atoms with E-state index >= 15 is 0 Å². The summed E-state index contributed by atoms with van der Waals surface area (Å²) in [5, 5.41) is 3.74. The molecule has 0 saturated heterocycles. The molecule has 1 unspecified atom stereocenters. The average molecular weight is 232 g/mol. The molecule has 2 rings (SSSR count). The minimum Gasteiger partial charge on any atom is -0.297 e. The SMILES string of the molecule is CN(N=S1C=CC=C1C=O)c1ccccc1. The van der Waals surface area contributed by atoms with Gasteiger partial charge in [0.25, 0.3) is 0 Å². The largest absolute Gasteiger partial charge is 0.297 e. The van der Waals surface area contributed by atoms with Crippen LogP contribution in [0.15, 0.2) is 57.3 Å². The van der Waals surface area contributed by atoms with Crippen LogP contribution in [0.4, 0.5) is 5.69 Å². The smallest absolute Gasteiger partial charge is 0.157 e. The fourth-order valence-electron chi connectivity index (χ4n) is 1.34. The Balaban J connectivity index is 2.22. The highest BCUT2D eigenvalue weighted by Gasteiger charge is 2.07. The minimum atomic E-state index is -0.432. The zero-order chi connectivity index (χ0) is 11.4. The summed E-state index contributed by atoms with van der Waals surface area (Å²) >= 11 is 0. The lowest BCUT2D eigenvalue weighted by Crippen LogP contribution is -2.09. The van der Waals surface area contributed by atoms with Crippen LogP contribution >= 0.6 is 0 Å². The van der Waals surface area contributed by atoms with Gasteiger partial charge in [-0.3, -0.25) is 9.80 Å². The maximum Gasteiger partial charge on any atom is 0.157 e. The Kier molecular flexibility index (Phi) is 3.31. The maximum absolute atomic E-state index is 10.8. The van der Waals surface area contributed by atoms with Gasteiger partial charge in [0.05, 0.1) is 10.6 Å². The Bertz CT molecular complexity index is 477. The molecule has 0 radical (unpaired) electrons. The Morgan fingerprint density at radius 2 is 2.06 bits per heavy atom. The molecule has 82 valence electrons. The number of para-hydroxylation sites is 1. The molecule has 1 heterocycles. The molecular weight excluding hydrogens is 220 g/mol. The standard InChI is InChI=1S/C12H12N2OS/c1-14(11-6-3-2-4-7-11)13-16-9-5-8-12(16)10-15/h2-10H,1H3. The van der Waals surface area contributed by atoms with Gasteiger partial charge in [0.2, 0.25) is 0 Å². The van der Waals surface area contributed by atoms with E-state index in [1.807, 2.05) is 48.9 Å². The van der Waals surface area contributed by atoms with E-state index in [0.717, 1.165) is 16.9 Å². The lowest BCUT2D eigenvalue weighted by Gasteiger charge is -2.13. The van der Waals surface area contributed by atoms with Crippen molar-refractivity contribution in [2.75, 3.05) is 12.1 Å². The zero-order valence-electron chi connectivity index (χ0n) is 8.91. The third-order valence-corrected chi connectivity index (χ3v) is 3.72. The number of hydrogen-bond acceptors (Lipinski definition) is 2. The van der Waals surface area contributed by atoms with E-state index in [1.54, 1.807) is 11.1 Å². The normalized spacial score (nSPS) is 18.6. The number of rotatable bonds is 3. The van der Waals surface area contributed by atoms with Crippen molar-refractivity contribution in [3.8, 4) is 0 Å². The Morgan fingerprint density at radius 3 is 2.75 bits per heavy atom. The summed E-state index contributed by atoms with van der Waals surface area (Å²) in [4.78, 5) is 11.5. The van der Waals surface area contributed by atoms with Gasteiger partial charge in [0.1, 0.15) is 0 Å². The van der Waals surface area contributed by atoms with Crippen LogP contribution in [0.2, 0.25) is 0 Å². The van der Waals surface area contributed by atoms with E-state index in [4.69, 9.17) is 0 Å². The van der Waals surface area contributed by atoms with Gasteiger partial charge in [-0.15, -0.1) is 4.47 Å². The summed E-state index contributed by atoms with van der Waals surface area (Å²) in [7, 11) is 1.45. The van der Waals surface area contributed by atoms with Gasteiger partial charge in [0, 0.05) is 7.05 Å². The molecular formula is C12H12N2OS. The number of carbonyl (C=O) groups is 1. The topological polar surface area (TPSA) is 32.7 Å². The zero-order valence-corrected chi connectivity index (χ0v) is 9.72. The summed E-state index contributed by atoms with van der Waals surface area (Å²) in [5.74, 6) is 0. The van der Waals surface area contributed by atoms with E-state index in [0.29, 0.717) is 0 Å². The molecule has 16 heavy (non-hydrogen) atoms. The molecule has 0 saturated carbocycles. The second-order valence-electron chi connectivity index (χ2n) is 3.27. The Hall–Kier alpha value is -1.68. The van der Waals surface area contributed by atoms with Crippen LogP contribution < -0.4 is 5.01 Å². The minimum absolute atomic E-state index is 0.432. The first-order valence-corrected chi connectivity index (χ1v) is 6.13. The Labute approximate surface area is 97.2 Å². The van der Waals surface area contributed by atoms with Crippen LogP contribution in [0.3, 0.4) is 0 Å². The third kappa shape index (κ3) is 2.28. The maximum atomic E-state index is 10.8. The molecule has 3 nitrogen and oxygen atoms in total. The highest BCUT2D eigenvalue weighted by Crippen LogP contribution is 2.17. The summed E-state index contributed by atoms with van der Waals surface area (Å²) in [6.45, 7) is 0. The van der Waals surface area contributed by atoms with Crippen molar-refractivity contribution in [2.24, 2.45) is 4.47 Å². The van der Waals surface area contributed by atoms with Gasteiger partial charge >= 0.3 is 0 Å². The second kappa shape index (κ2) is 4.90. The number of nitrogens with zero attached hydrogens (tertiary/aromatic N) is 2. The molecule has 1 aliphatic rings. The average Bonchev–Trinajstić information content (AvgIpc) is 2.77. The molecule has 0 aliphatic carbocycles. The first-order valence-electron chi connectivity index (χ1n) is 4.88. The number of carbonyl (C=O) groups excluding carboxylic acids is 1. The van der Waals surface area contributed by atoms with Crippen molar-refractivity contribution in [3.63, 3.8) is 0 Å². The first-order chi connectivity index (χ1) is 7.81. The van der Waals surface area contributed by atoms with Gasteiger partial charge in [-0.1, -0.05) is 24.3 Å². The molecule has 0 amide bonds. The van der Waals surface area contributed by atoms with Crippen LogP contribution in [0.25, 0.3) is 0 Å². The van der Waals surface area contributed by atoms with Crippen molar-refractivity contribution < 1.29 is 4.79 Å². The molecule has 0 N–H and O–H groups in total. The van der Waals surface area contributed by atoms with Crippen LogP contribution in [0, 0.1) is 0 Å². The van der Waals surface area contributed by atoms with Crippen LogP contribution in [-0.2, 0) is 15.5 Å². The van der Waals surface area contributed by atoms with Gasteiger partial charge in [0.15, 0.2) is 6.29 Å². The predicted molar refractivity (Wildman–Crippen MR) is 67.9 cm³/mol. The van der Waals surface area contributed by atoms with Gasteiger partial charge < -0.3 is 0 Å². The van der Waals surface area contributed by atoms with E-state index in [2.05, 4.69) is 4.47 Å². The molecule has 0 spiro atoms. The van der Waals surface area contributed by atoms with Crippen LogP contribution in [0.1, 0.15) is 0 Å². The molecule has 0 aromatic heterocycles. The van der Waals surface area contributed by atoms with Crippen molar-refractivity contribution >= 4 is 22.7 Å². The molecule has 0 bridgehead atoms. The molecule has 1 aromatic carbocycles. The second-order valence-corrected chi connectivity index (χ2v) is 4.81. The van der Waals surface area contributed by atoms with E-state index in [9.17, 15) is 4.79 Å². The van der Waals surface area contributed by atoms with Crippen LogP contribution in [-0.4, -0.2) is 13.3 Å². The van der Waals surface area contributed by atoms with E-state index in [-0.39, 0.29) is 0 Å². The summed E-state index contributed by atoms with van der Waals surface area (Å²) in [6.07, 6.45) is 4.54. The Morgan fingerprint density at radius 1 is 1.31 bits per heavy atom. The van der Waals surface area contributed by atoms with Crippen molar-refractivity contribution in [1.29, 1.82) is 0 Å². The fourth-order valence-corrected chi connectivity index (χ4v) is 2.55. The summed E-state index contributed by atoms with van der Waals surface area (Å²) in [6, 6.07) is 9.86. The lowest BCUT2D eigenvalue weighted by molar-refractivity contribution is -0.104. The van der Waals surface area contributed by atoms with Gasteiger partial charge in [-0.25, -0.2) is 0 Å². The number of hydrogen-bond donors (Lipinski definition) is 0. The number of aldehydes is 1. The van der Waals surface area contributed by atoms with E-state index in [1.165, 1.54) is 0 Å². The molecule has 1 aliphatic heterocycles. The lowest BCUT2D eigenvalue weighted by atomic mass is 10.3. The first kappa shape index (κ1) is 10.8. The summed E-state index contributed by atoms with van der Waals surface area (Å²) in [5.41, 5.74) is 1.01. The van der Waals surface area contributed by atoms with Gasteiger partial charge in [-0.2, -0.15) is 0 Å². The van der Waals surface area contributed by atoms with Crippen molar-refractivity contribution in [1.82, 2.24) is 0 Å². The third-order valence-electron chi connectivity index (χ3n) is 2.17. The highest BCUT2D eigenvalue weighted by molar-refractivity contribution is 7.95. The predicted octanol–water partition coefficient (Wildman–Crippen LogP) is 2.45. The monoisotopic (exact) mass is 232 g/mol. The number of allylic oxidation sites excluding steroid dienone is 3. The van der Waals surface area contributed by atoms with Crippen LogP contribution in [0.5, 0.6) is 0 Å². The summed E-state index contributed by atoms with van der Waals surface area (Å²) < 4.78 is 4.47. The van der Waals surface area contributed by atoms with Gasteiger partial charge in [-0.05, 0) is 34.3 Å². The molecule has 4 heteroatoms. The molecule has 0 fully saturated rings. The fraction of sp³-hybridized carbons (Fsp3) is 0.0833. The van der Waals surface area contributed by atoms with Crippen molar-refractivity contribution in [3.05, 3.63) is 52.8 Å². The highest BCUT2D eigenvalue weighted by atomic mass is 32.2. The molecule has 1 aromatic rings. The molecule has 1 atom stereocenters. The van der Waals surface area contributed by atoms with Crippen molar-refractivity contribution in [2.45, 2.75) is 0 Å². The number of anilines is 1. The number of benzene rings is 1. The van der Waals surface area contributed by atoms with E-state index < -0.39 is 10.7 Å².